The summed E-state index contributed by atoms with van der Waals surface area (Å²) in [5, 5.41) is 3.98. The van der Waals surface area contributed by atoms with Crippen molar-refractivity contribution < 1.29 is 4.79 Å². The maximum Gasteiger partial charge on any atom is 0.227 e. The summed E-state index contributed by atoms with van der Waals surface area (Å²) in [5.41, 5.74) is 0.907. The molecule has 98 valence electrons. The van der Waals surface area contributed by atoms with Crippen molar-refractivity contribution in [1.82, 2.24) is 10.2 Å². The number of rotatable bonds is 3. The van der Waals surface area contributed by atoms with Crippen molar-refractivity contribution in [3.8, 4) is 0 Å². The molecule has 0 spiro atoms. The first kappa shape index (κ1) is 13.4. The number of hydrogen-bond donors (Lipinski definition) is 1. The fourth-order valence-corrected chi connectivity index (χ4v) is 2.53. The van der Waals surface area contributed by atoms with Gasteiger partial charge in [0.15, 0.2) is 0 Å². The molecule has 2 rings (SSSR count). The number of nitrogens with one attached hydrogen (secondary N) is 1. The van der Waals surface area contributed by atoms with Crippen molar-refractivity contribution in [3.05, 3.63) is 34.9 Å². The number of benzene rings is 1. The Kier molecular flexibility index (Phi) is 4.61. The van der Waals surface area contributed by atoms with E-state index in [0.29, 0.717) is 17.5 Å². The number of halogens is 1. The van der Waals surface area contributed by atoms with Gasteiger partial charge in [-0.25, -0.2) is 0 Å². The van der Waals surface area contributed by atoms with Crippen molar-refractivity contribution in [2.24, 2.45) is 0 Å². The highest BCUT2D eigenvalue weighted by atomic mass is 35.5. The number of amides is 1. The number of piperidine rings is 1. The number of likely N-dealkylation sites (N-methyl/N-ethyl adjacent to an activating group) is 1. The Labute approximate surface area is 113 Å². The first-order valence-electron chi connectivity index (χ1n) is 6.38. The van der Waals surface area contributed by atoms with E-state index >= 15 is 0 Å². The van der Waals surface area contributed by atoms with E-state index < -0.39 is 0 Å². The molecule has 0 bridgehead atoms. The van der Waals surface area contributed by atoms with Crippen LogP contribution < -0.4 is 5.32 Å². The lowest BCUT2D eigenvalue weighted by atomic mass is 10.0. The van der Waals surface area contributed by atoms with Crippen molar-refractivity contribution in [2.45, 2.75) is 25.3 Å². The lowest BCUT2D eigenvalue weighted by Crippen LogP contribution is -2.44. The Bertz CT molecular complexity index is 416. The molecule has 1 aromatic carbocycles. The van der Waals surface area contributed by atoms with Gasteiger partial charge in [-0.3, -0.25) is 4.79 Å². The summed E-state index contributed by atoms with van der Waals surface area (Å²) in [6, 6.07) is 7.90. The standard InChI is InChI=1S/C14H19ClN2O/c1-17(12-6-8-16-9-7-12)14(18)10-11-4-2-3-5-13(11)15/h2-5,12,16H,6-10H2,1H3. The molecule has 0 radical (unpaired) electrons. The number of nitrogens with zero attached hydrogens (tertiary/aromatic N) is 1. The lowest BCUT2D eigenvalue weighted by Gasteiger charge is -2.31. The van der Waals surface area contributed by atoms with Gasteiger partial charge in [0.1, 0.15) is 0 Å². The van der Waals surface area contributed by atoms with E-state index in [-0.39, 0.29) is 5.91 Å². The Morgan fingerprint density at radius 1 is 1.39 bits per heavy atom. The van der Waals surface area contributed by atoms with Gasteiger partial charge in [-0.05, 0) is 37.6 Å². The Balaban J connectivity index is 1.97. The van der Waals surface area contributed by atoms with Gasteiger partial charge in [0.2, 0.25) is 5.91 Å². The second-order valence-electron chi connectivity index (χ2n) is 4.75. The number of carbonyl (C=O) groups excluding carboxylic acids is 1. The topological polar surface area (TPSA) is 32.3 Å². The Morgan fingerprint density at radius 2 is 2.06 bits per heavy atom. The van der Waals surface area contributed by atoms with Crippen LogP contribution in [0.1, 0.15) is 18.4 Å². The van der Waals surface area contributed by atoms with Crippen LogP contribution in [0, 0.1) is 0 Å². The van der Waals surface area contributed by atoms with Gasteiger partial charge in [-0.15, -0.1) is 0 Å². The van der Waals surface area contributed by atoms with Crippen LogP contribution in [0.3, 0.4) is 0 Å². The van der Waals surface area contributed by atoms with Crippen molar-refractivity contribution in [2.75, 3.05) is 20.1 Å². The maximum atomic E-state index is 12.2. The predicted octanol–water partition coefficient (Wildman–Crippen LogP) is 2.09. The molecule has 0 aromatic heterocycles. The molecular weight excluding hydrogens is 248 g/mol. The molecule has 3 nitrogen and oxygen atoms in total. The van der Waals surface area contributed by atoms with E-state index in [2.05, 4.69) is 5.32 Å². The molecule has 4 heteroatoms. The second kappa shape index (κ2) is 6.21. The molecule has 1 saturated heterocycles. The third-order valence-corrected chi connectivity index (χ3v) is 3.92. The molecule has 1 aliphatic heterocycles. The molecule has 0 atom stereocenters. The van der Waals surface area contributed by atoms with Crippen molar-refractivity contribution in [1.29, 1.82) is 0 Å². The van der Waals surface area contributed by atoms with Gasteiger partial charge in [-0.2, -0.15) is 0 Å². The monoisotopic (exact) mass is 266 g/mol. The smallest absolute Gasteiger partial charge is 0.227 e. The summed E-state index contributed by atoms with van der Waals surface area (Å²) < 4.78 is 0. The summed E-state index contributed by atoms with van der Waals surface area (Å²) in [7, 11) is 1.90. The molecule has 0 unspecified atom stereocenters. The minimum atomic E-state index is 0.148. The van der Waals surface area contributed by atoms with Crippen molar-refractivity contribution in [3.63, 3.8) is 0 Å². The summed E-state index contributed by atoms with van der Waals surface area (Å²) in [5.74, 6) is 0.148. The average Bonchev–Trinajstić information content (AvgIpc) is 2.41. The zero-order valence-corrected chi connectivity index (χ0v) is 11.4. The van der Waals surface area contributed by atoms with E-state index in [1.54, 1.807) is 0 Å². The highest BCUT2D eigenvalue weighted by molar-refractivity contribution is 6.31. The first-order valence-corrected chi connectivity index (χ1v) is 6.76. The molecule has 1 heterocycles. The van der Waals surface area contributed by atoms with E-state index in [0.717, 1.165) is 31.5 Å². The molecule has 1 fully saturated rings. The fourth-order valence-electron chi connectivity index (χ4n) is 2.33. The highest BCUT2D eigenvalue weighted by Crippen LogP contribution is 2.17. The predicted molar refractivity (Wildman–Crippen MR) is 73.8 cm³/mol. The van der Waals surface area contributed by atoms with E-state index in [1.165, 1.54) is 0 Å². The van der Waals surface area contributed by atoms with Gasteiger partial charge in [-0.1, -0.05) is 29.8 Å². The van der Waals surface area contributed by atoms with Gasteiger partial charge >= 0.3 is 0 Å². The molecule has 1 aromatic rings. The van der Waals surface area contributed by atoms with Gasteiger partial charge in [0.25, 0.3) is 0 Å². The second-order valence-corrected chi connectivity index (χ2v) is 5.16. The first-order chi connectivity index (χ1) is 8.68. The van der Waals surface area contributed by atoms with Crippen LogP contribution in [-0.2, 0) is 11.2 Å². The number of hydrogen-bond acceptors (Lipinski definition) is 2. The summed E-state index contributed by atoms with van der Waals surface area (Å²) >= 11 is 6.08. The Morgan fingerprint density at radius 3 is 2.72 bits per heavy atom. The SMILES string of the molecule is CN(C(=O)Cc1ccccc1Cl)C1CCNCC1. The highest BCUT2D eigenvalue weighted by Gasteiger charge is 2.22. The van der Waals surface area contributed by atoms with Crippen LogP contribution >= 0.6 is 11.6 Å². The van der Waals surface area contributed by atoms with Gasteiger partial charge < -0.3 is 10.2 Å². The van der Waals surface area contributed by atoms with E-state index in [1.807, 2.05) is 36.2 Å². The van der Waals surface area contributed by atoms with Crippen LogP contribution in [-0.4, -0.2) is 37.0 Å². The summed E-state index contributed by atoms with van der Waals surface area (Å²) in [6.45, 7) is 1.99. The summed E-state index contributed by atoms with van der Waals surface area (Å²) in [4.78, 5) is 14.1. The molecule has 1 N–H and O–H groups in total. The zero-order valence-electron chi connectivity index (χ0n) is 10.7. The Hall–Kier alpha value is -1.06. The van der Waals surface area contributed by atoms with E-state index in [9.17, 15) is 4.79 Å². The van der Waals surface area contributed by atoms with Crippen LogP contribution in [0.15, 0.2) is 24.3 Å². The average molecular weight is 267 g/mol. The molecule has 0 aliphatic carbocycles. The molecule has 1 aliphatic rings. The normalized spacial score (nSPS) is 16.6. The fraction of sp³-hybridized carbons (Fsp3) is 0.500. The van der Waals surface area contributed by atoms with Crippen LogP contribution in [0.4, 0.5) is 0 Å². The third-order valence-electron chi connectivity index (χ3n) is 3.55. The van der Waals surface area contributed by atoms with Crippen LogP contribution in [0.25, 0.3) is 0 Å². The minimum Gasteiger partial charge on any atom is -0.342 e. The van der Waals surface area contributed by atoms with Crippen molar-refractivity contribution >= 4 is 17.5 Å². The zero-order chi connectivity index (χ0) is 13.0. The van der Waals surface area contributed by atoms with Gasteiger partial charge in [0.05, 0.1) is 6.42 Å². The quantitative estimate of drug-likeness (QED) is 0.909. The number of carbonyl (C=O) groups is 1. The van der Waals surface area contributed by atoms with Crippen LogP contribution in [0.2, 0.25) is 5.02 Å². The maximum absolute atomic E-state index is 12.2. The van der Waals surface area contributed by atoms with E-state index in [4.69, 9.17) is 11.6 Å². The lowest BCUT2D eigenvalue weighted by molar-refractivity contribution is -0.131. The molecule has 1 amide bonds. The molecular formula is C14H19ClN2O. The van der Waals surface area contributed by atoms with Crippen LogP contribution in [0.5, 0.6) is 0 Å². The van der Waals surface area contributed by atoms with Gasteiger partial charge in [0, 0.05) is 18.1 Å². The third kappa shape index (κ3) is 3.24. The largest absolute Gasteiger partial charge is 0.342 e. The molecule has 0 saturated carbocycles. The minimum absolute atomic E-state index is 0.148. The summed E-state index contributed by atoms with van der Waals surface area (Å²) in [6.07, 6.45) is 2.45. The molecule has 18 heavy (non-hydrogen) atoms.